The minimum Gasteiger partial charge on any atom is -0.309 e. The van der Waals surface area contributed by atoms with Gasteiger partial charge in [0.15, 0.2) is 7.14 Å². The Labute approximate surface area is 221 Å². The number of benzene rings is 6. The van der Waals surface area contributed by atoms with Crippen molar-refractivity contribution in [2.24, 2.45) is 0 Å². The highest BCUT2D eigenvalue weighted by atomic mass is 31.2. The fraction of sp³-hybridized carbons (Fsp3) is 0.0286. The second-order valence-electron chi connectivity index (χ2n) is 9.74. The zero-order valence-electron chi connectivity index (χ0n) is 20.6. The fourth-order valence-corrected chi connectivity index (χ4v) is 9.12. The third-order valence-electron chi connectivity index (χ3n) is 7.63. The Kier molecular flexibility index (Phi) is 5.39. The molecule has 0 spiro atoms. The predicted molar refractivity (Wildman–Crippen MR) is 157 cm³/mol. The van der Waals surface area contributed by atoms with Gasteiger partial charge in [0.1, 0.15) is 5.82 Å². The molecule has 1 aliphatic carbocycles. The second kappa shape index (κ2) is 8.94. The van der Waals surface area contributed by atoms with Gasteiger partial charge in [-0.2, -0.15) is 0 Å². The van der Waals surface area contributed by atoms with E-state index in [0.717, 1.165) is 54.5 Å². The van der Waals surface area contributed by atoms with Crippen LogP contribution >= 0.6 is 7.14 Å². The molecule has 1 nitrogen and oxygen atoms in total. The lowest BCUT2D eigenvalue weighted by atomic mass is 9.89. The van der Waals surface area contributed by atoms with Gasteiger partial charge in [0.2, 0.25) is 0 Å². The number of hydrogen-bond acceptors (Lipinski definition) is 1. The summed E-state index contributed by atoms with van der Waals surface area (Å²) in [6, 6.07) is 43.2. The van der Waals surface area contributed by atoms with Gasteiger partial charge in [-0.25, -0.2) is 4.39 Å². The molecule has 182 valence electrons. The molecule has 6 aromatic carbocycles. The van der Waals surface area contributed by atoms with Crippen molar-refractivity contribution in [2.75, 3.05) is 0 Å². The Bertz CT molecular complexity index is 1820. The Morgan fingerprint density at radius 2 is 1.11 bits per heavy atom. The van der Waals surface area contributed by atoms with E-state index in [1.807, 2.05) is 84.9 Å². The normalized spacial score (nSPS) is 12.3. The van der Waals surface area contributed by atoms with Crippen molar-refractivity contribution in [3.8, 4) is 22.3 Å². The summed E-state index contributed by atoms with van der Waals surface area (Å²) in [7, 11) is -3.27. The maximum Gasteiger partial charge on any atom is 0.171 e. The van der Waals surface area contributed by atoms with E-state index in [1.165, 1.54) is 17.7 Å². The van der Waals surface area contributed by atoms with Crippen LogP contribution in [0.4, 0.5) is 4.39 Å². The van der Waals surface area contributed by atoms with E-state index < -0.39 is 7.14 Å². The first kappa shape index (κ1) is 22.9. The van der Waals surface area contributed by atoms with Gasteiger partial charge in [-0.1, -0.05) is 121 Å². The van der Waals surface area contributed by atoms with Gasteiger partial charge in [0.25, 0.3) is 0 Å². The van der Waals surface area contributed by atoms with Gasteiger partial charge in [0, 0.05) is 15.9 Å². The average Bonchev–Trinajstić information content (AvgIpc) is 3.36. The van der Waals surface area contributed by atoms with Crippen LogP contribution < -0.4 is 15.9 Å². The van der Waals surface area contributed by atoms with Gasteiger partial charge in [-0.15, -0.1) is 0 Å². The largest absolute Gasteiger partial charge is 0.309 e. The van der Waals surface area contributed by atoms with E-state index in [9.17, 15) is 4.39 Å². The van der Waals surface area contributed by atoms with Crippen LogP contribution in [0.2, 0.25) is 0 Å². The standard InChI is InChI=1S/C35H24FOP/c36-26-21-19-24(20-22-26)33-30-17-9-10-18-31(30)35(32-23-25-11-7-8-16-29(25)34(32)33)38(37,27-12-3-1-4-13-27)28-14-5-2-6-15-28/h1-22H,23H2. The summed E-state index contributed by atoms with van der Waals surface area (Å²) in [5, 5.41) is 4.56. The van der Waals surface area contributed by atoms with Crippen LogP contribution in [0.15, 0.2) is 133 Å². The monoisotopic (exact) mass is 510 g/mol. The van der Waals surface area contributed by atoms with Crippen molar-refractivity contribution in [1.82, 2.24) is 0 Å². The maximum absolute atomic E-state index is 15.8. The highest BCUT2D eigenvalue weighted by molar-refractivity contribution is 7.85. The van der Waals surface area contributed by atoms with Gasteiger partial charge in [0.05, 0.1) is 0 Å². The smallest absolute Gasteiger partial charge is 0.171 e. The SMILES string of the molecule is O=P(c1ccccc1)(c1ccccc1)c1c2c(c(-c3ccc(F)cc3)c3ccccc13)-c1ccccc1C2. The molecule has 3 heteroatoms. The van der Waals surface area contributed by atoms with Crippen LogP contribution in [0, 0.1) is 5.82 Å². The van der Waals surface area contributed by atoms with E-state index in [4.69, 9.17) is 0 Å². The van der Waals surface area contributed by atoms with Crippen LogP contribution in [0.1, 0.15) is 11.1 Å². The lowest BCUT2D eigenvalue weighted by Gasteiger charge is -2.26. The molecule has 0 bridgehead atoms. The van der Waals surface area contributed by atoms with Gasteiger partial charge < -0.3 is 4.57 Å². The maximum atomic E-state index is 15.8. The Hall–Kier alpha value is -4.26. The first-order chi connectivity index (χ1) is 18.7. The molecule has 0 heterocycles. The zero-order chi connectivity index (χ0) is 25.7. The minimum absolute atomic E-state index is 0.260. The lowest BCUT2D eigenvalue weighted by molar-refractivity contribution is 0.592. The molecule has 0 aromatic heterocycles. The average molecular weight is 511 g/mol. The van der Waals surface area contributed by atoms with Crippen LogP contribution in [0.3, 0.4) is 0 Å². The van der Waals surface area contributed by atoms with Crippen LogP contribution in [-0.4, -0.2) is 0 Å². The molecule has 1 aliphatic rings. The molecule has 0 unspecified atom stereocenters. The molecule has 6 aromatic rings. The van der Waals surface area contributed by atoms with Crippen molar-refractivity contribution in [3.63, 3.8) is 0 Å². The third kappa shape index (κ3) is 3.41. The first-order valence-corrected chi connectivity index (χ1v) is 14.5. The van der Waals surface area contributed by atoms with Crippen molar-refractivity contribution in [3.05, 3.63) is 150 Å². The van der Waals surface area contributed by atoms with E-state index in [-0.39, 0.29) is 5.82 Å². The molecule has 0 saturated heterocycles. The van der Waals surface area contributed by atoms with Crippen molar-refractivity contribution in [1.29, 1.82) is 0 Å². The predicted octanol–water partition coefficient (Wildman–Crippen LogP) is 7.86. The fourth-order valence-electron chi connectivity index (χ4n) is 6.01. The quantitative estimate of drug-likeness (QED) is 0.220. The number of halogens is 1. The molecular weight excluding hydrogens is 486 g/mol. The van der Waals surface area contributed by atoms with Gasteiger partial charge in [-0.05, 0) is 62.7 Å². The molecule has 0 amide bonds. The second-order valence-corrected chi connectivity index (χ2v) is 12.4. The molecule has 0 atom stereocenters. The summed E-state index contributed by atoms with van der Waals surface area (Å²) in [5.74, 6) is -0.260. The summed E-state index contributed by atoms with van der Waals surface area (Å²) in [4.78, 5) is 0. The van der Waals surface area contributed by atoms with Gasteiger partial charge >= 0.3 is 0 Å². The topological polar surface area (TPSA) is 17.1 Å². The Morgan fingerprint density at radius 1 is 0.553 bits per heavy atom. The molecule has 0 fully saturated rings. The van der Waals surface area contributed by atoms with Crippen LogP contribution in [0.25, 0.3) is 33.0 Å². The molecule has 0 saturated carbocycles. The summed E-state index contributed by atoms with van der Waals surface area (Å²) < 4.78 is 29.8. The summed E-state index contributed by atoms with van der Waals surface area (Å²) in [6.07, 6.45) is 0.698. The molecule has 0 aliphatic heterocycles. The Morgan fingerprint density at radius 3 is 1.76 bits per heavy atom. The molecule has 0 N–H and O–H groups in total. The van der Waals surface area contributed by atoms with Crippen LogP contribution in [-0.2, 0) is 11.0 Å². The lowest BCUT2D eigenvalue weighted by Crippen LogP contribution is -2.28. The van der Waals surface area contributed by atoms with Crippen molar-refractivity contribution in [2.45, 2.75) is 6.42 Å². The van der Waals surface area contributed by atoms with E-state index in [0.29, 0.717) is 6.42 Å². The summed E-state index contributed by atoms with van der Waals surface area (Å²) in [5.41, 5.74) is 6.60. The van der Waals surface area contributed by atoms with Crippen molar-refractivity contribution >= 4 is 33.8 Å². The first-order valence-electron chi connectivity index (χ1n) is 12.8. The molecular formula is C35H24FOP. The van der Waals surface area contributed by atoms with E-state index in [1.54, 1.807) is 0 Å². The van der Waals surface area contributed by atoms with Crippen LogP contribution in [0.5, 0.6) is 0 Å². The number of rotatable bonds is 4. The van der Waals surface area contributed by atoms with Gasteiger partial charge in [-0.3, -0.25) is 0 Å². The molecule has 0 radical (unpaired) electrons. The van der Waals surface area contributed by atoms with E-state index in [2.05, 4.69) is 36.4 Å². The highest BCUT2D eigenvalue weighted by Crippen LogP contribution is 2.53. The summed E-state index contributed by atoms with van der Waals surface area (Å²) in [6.45, 7) is 0. The van der Waals surface area contributed by atoms with Crippen molar-refractivity contribution < 1.29 is 8.96 Å². The highest BCUT2D eigenvalue weighted by Gasteiger charge is 2.38. The minimum atomic E-state index is -3.27. The zero-order valence-corrected chi connectivity index (χ0v) is 21.5. The Balaban J connectivity index is 1.69. The number of hydrogen-bond donors (Lipinski definition) is 0. The van der Waals surface area contributed by atoms with E-state index >= 15 is 4.57 Å². The number of fused-ring (bicyclic) bond motifs is 4. The third-order valence-corrected chi connectivity index (χ3v) is 10.8. The molecule has 7 rings (SSSR count). The summed E-state index contributed by atoms with van der Waals surface area (Å²) >= 11 is 0. The molecule has 38 heavy (non-hydrogen) atoms.